The third-order valence-corrected chi connectivity index (χ3v) is 5.95. The Morgan fingerprint density at radius 2 is 1.58 bits per heavy atom. The van der Waals surface area contributed by atoms with E-state index in [1.807, 2.05) is 0 Å². The quantitative estimate of drug-likeness (QED) is 0.721. The Bertz CT molecular complexity index is 827. The number of Topliss-reactive ketones (excluding diaryl/α,β-unsaturated/α-hetero) is 2. The Labute approximate surface area is 140 Å². The van der Waals surface area contributed by atoms with E-state index in [0.717, 1.165) is 12.1 Å². The molecule has 6 heteroatoms. The minimum atomic E-state index is -3.85. The fourth-order valence-corrected chi connectivity index (χ4v) is 4.12. The van der Waals surface area contributed by atoms with Gasteiger partial charge in [0.05, 0.1) is 4.90 Å². The molecule has 0 amide bonds. The summed E-state index contributed by atoms with van der Waals surface area (Å²) in [6.07, 6.45) is -0.218. The number of rotatable bonds is 7. The molecule has 1 unspecified atom stereocenters. The van der Waals surface area contributed by atoms with E-state index in [1.54, 1.807) is 18.2 Å². The lowest BCUT2D eigenvalue weighted by Crippen LogP contribution is -2.29. The molecule has 0 heterocycles. The molecule has 0 radical (unpaired) electrons. The van der Waals surface area contributed by atoms with Gasteiger partial charge in [0.2, 0.25) is 0 Å². The largest absolute Gasteiger partial charge is 0.299 e. The molecule has 0 aliphatic heterocycles. The molecule has 126 valence electrons. The van der Waals surface area contributed by atoms with Crippen LogP contribution in [0.1, 0.15) is 30.1 Å². The first-order valence-electron chi connectivity index (χ1n) is 7.40. The van der Waals surface area contributed by atoms with E-state index in [-0.39, 0.29) is 29.1 Å². The number of ketones is 2. The predicted octanol–water partition coefficient (Wildman–Crippen LogP) is 3.22. The van der Waals surface area contributed by atoms with E-state index in [2.05, 4.69) is 0 Å². The smallest absolute Gasteiger partial charge is 0.188 e. The van der Waals surface area contributed by atoms with E-state index in [9.17, 15) is 22.4 Å². The van der Waals surface area contributed by atoms with Crippen LogP contribution < -0.4 is 0 Å². The number of sulfone groups is 1. The molecular weight excluding hydrogens is 331 g/mol. The molecule has 0 saturated heterocycles. The number of halogens is 1. The van der Waals surface area contributed by atoms with Crippen LogP contribution in [0.2, 0.25) is 0 Å². The van der Waals surface area contributed by atoms with Crippen LogP contribution in [-0.4, -0.2) is 25.2 Å². The van der Waals surface area contributed by atoms with Crippen LogP contribution in [0.25, 0.3) is 0 Å². The highest BCUT2D eigenvalue weighted by atomic mass is 32.2. The van der Waals surface area contributed by atoms with Crippen molar-refractivity contribution in [2.75, 3.05) is 0 Å². The van der Waals surface area contributed by atoms with Gasteiger partial charge in [-0.1, -0.05) is 18.2 Å². The number of carbonyl (C=O) groups excluding carboxylic acids is 2. The van der Waals surface area contributed by atoms with Crippen molar-refractivity contribution in [2.24, 2.45) is 0 Å². The highest BCUT2D eigenvalue weighted by Crippen LogP contribution is 2.21. The van der Waals surface area contributed by atoms with Crippen LogP contribution >= 0.6 is 0 Å². The topological polar surface area (TPSA) is 68.3 Å². The van der Waals surface area contributed by atoms with Gasteiger partial charge >= 0.3 is 0 Å². The summed E-state index contributed by atoms with van der Waals surface area (Å²) in [5.41, 5.74) is 0.288. The Morgan fingerprint density at radius 1 is 1.00 bits per heavy atom. The Hall–Kier alpha value is -2.34. The number of carbonyl (C=O) groups is 2. The molecular formula is C18H17FO4S. The van der Waals surface area contributed by atoms with Crippen molar-refractivity contribution in [1.29, 1.82) is 0 Å². The highest BCUT2D eigenvalue weighted by Gasteiger charge is 2.31. The molecule has 0 aliphatic carbocycles. The van der Waals surface area contributed by atoms with Gasteiger partial charge < -0.3 is 0 Å². The van der Waals surface area contributed by atoms with Crippen molar-refractivity contribution in [3.05, 3.63) is 66.0 Å². The van der Waals surface area contributed by atoms with Crippen LogP contribution in [0.5, 0.6) is 0 Å². The predicted molar refractivity (Wildman–Crippen MR) is 88.1 cm³/mol. The summed E-state index contributed by atoms with van der Waals surface area (Å²) >= 11 is 0. The molecule has 2 aromatic carbocycles. The molecule has 4 nitrogen and oxygen atoms in total. The first kappa shape index (κ1) is 18.0. The van der Waals surface area contributed by atoms with Gasteiger partial charge in [-0.3, -0.25) is 9.59 Å². The van der Waals surface area contributed by atoms with Crippen molar-refractivity contribution < 1.29 is 22.4 Å². The van der Waals surface area contributed by atoms with Crippen molar-refractivity contribution in [3.63, 3.8) is 0 Å². The third kappa shape index (κ3) is 4.14. The zero-order valence-corrected chi connectivity index (χ0v) is 13.9. The van der Waals surface area contributed by atoms with Gasteiger partial charge in [-0.05, 0) is 49.7 Å². The van der Waals surface area contributed by atoms with Crippen molar-refractivity contribution in [3.8, 4) is 0 Å². The molecule has 0 spiro atoms. The molecule has 0 aromatic heterocycles. The lowest BCUT2D eigenvalue weighted by atomic mass is 10.0. The summed E-state index contributed by atoms with van der Waals surface area (Å²) < 4.78 is 38.1. The number of hydrogen-bond donors (Lipinski definition) is 0. The number of hydrogen-bond acceptors (Lipinski definition) is 4. The van der Waals surface area contributed by atoms with Crippen molar-refractivity contribution in [1.82, 2.24) is 0 Å². The van der Waals surface area contributed by atoms with Crippen LogP contribution in [0, 0.1) is 5.82 Å². The lowest BCUT2D eigenvalue weighted by Gasteiger charge is -2.14. The fourth-order valence-electron chi connectivity index (χ4n) is 2.39. The van der Waals surface area contributed by atoms with E-state index in [4.69, 9.17) is 0 Å². The Kier molecular flexibility index (Phi) is 5.62. The van der Waals surface area contributed by atoms with E-state index < -0.39 is 26.7 Å². The van der Waals surface area contributed by atoms with Crippen molar-refractivity contribution in [2.45, 2.75) is 29.9 Å². The van der Waals surface area contributed by atoms with Gasteiger partial charge in [-0.25, -0.2) is 12.8 Å². The molecule has 1 atom stereocenters. The van der Waals surface area contributed by atoms with Crippen LogP contribution in [-0.2, 0) is 14.6 Å². The van der Waals surface area contributed by atoms with Gasteiger partial charge in [-0.2, -0.15) is 0 Å². The minimum Gasteiger partial charge on any atom is -0.299 e. The van der Waals surface area contributed by atoms with Crippen LogP contribution in [0.15, 0.2) is 59.5 Å². The maximum atomic E-state index is 12.9. The monoisotopic (exact) mass is 348 g/mol. The molecule has 0 saturated carbocycles. The van der Waals surface area contributed by atoms with E-state index in [1.165, 1.54) is 31.2 Å². The maximum Gasteiger partial charge on any atom is 0.188 e. The summed E-state index contributed by atoms with van der Waals surface area (Å²) in [6.45, 7) is 1.20. The Morgan fingerprint density at radius 3 is 2.12 bits per heavy atom. The van der Waals surface area contributed by atoms with Crippen LogP contribution in [0.4, 0.5) is 4.39 Å². The van der Waals surface area contributed by atoms with Gasteiger partial charge in [0.25, 0.3) is 0 Å². The molecule has 2 rings (SSSR count). The second-order valence-electron chi connectivity index (χ2n) is 5.43. The van der Waals surface area contributed by atoms with Crippen LogP contribution in [0.3, 0.4) is 0 Å². The Balaban J connectivity index is 2.16. The molecule has 24 heavy (non-hydrogen) atoms. The van der Waals surface area contributed by atoms with Crippen molar-refractivity contribution >= 4 is 21.4 Å². The van der Waals surface area contributed by atoms with Gasteiger partial charge in [0.1, 0.15) is 16.9 Å². The number of benzene rings is 2. The molecule has 0 bridgehead atoms. The average Bonchev–Trinajstić information content (AvgIpc) is 2.55. The van der Waals surface area contributed by atoms with Gasteiger partial charge in [0, 0.05) is 12.0 Å². The highest BCUT2D eigenvalue weighted by molar-refractivity contribution is 7.92. The summed E-state index contributed by atoms with van der Waals surface area (Å²) in [4.78, 5) is 24.0. The standard InChI is InChI=1S/C18H17FO4S/c1-13(20)18(24(22,23)16-5-3-2-4-6-16)12-11-17(21)14-7-9-15(19)10-8-14/h2-10,18H,11-12H2,1H3. The normalized spacial score (nSPS) is 12.6. The summed E-state index contributed by atoms with van der Waals surface area (Å²) in [7, 11) is -3.85. The molecule has 0 fully saturated rings. The molecule has 0 aliphatic rings. The van der Waals surface area contributed by atoms with Gasteiger partial charge in [0.15, 0.2) is 15.6 Å². The fraction of sp³-hybridized carbons (Fsp3) is 0.222. The summed E-state index contributed by atoms with van der Waals surface area (Å²) in [5.74, 6) is -1.30. The second-order valence-corrected chi connectivity index (χ2v) is 7.56. The maximum absolute atomic E-state index is 12.9. The first-order valence-corrected chi connectivity index (χ1v) is 8.95. The third-order valence-electron chi connectivity index (χ3n) is 3.70. The lowest BCUT2D eigenvalue weighted by molar-refractivity contribution is -0.116. The minimum absolute atomic E-state index is 0.0550. The molecule has 2 aromatic rings. The zero-order chi connectivity index (χ0) is 17.7. The summed E-state index contributed by atoms with van der Waals surface area (Å²) in [6, 6.07) is 12.7. The van der Waals surface area contributed by atoms with Gasteiger partial charge in [-0.15, -0.1) is 0 Å². The average molecular weight is 348 g/mol. The SMILES string of the molecule is CC(=O)C(CCC(=O)c1ccc(F)cc1)S(=O)(=O)c1ccccc1. The summed E-state index contributed by atoms with van der Waals surface area (Å²) in [5, 5.41) is -1.27. The van der Waals surface area contributed by atoms with E-state index >= 15 is 0 Å². The first-order chi connectivity index (χ1) is 11.3. The van der Waals surface area contributed by atoms with E-state index in [0.29, 0.717) is 0 Å². The second kappa shape index (κ2) is 7.49. The zero-order valence-electron chi connectivity index (χ0n) is 13.1. The molecule has 0 N–H and O–H groups in total.